The lowest BCUT2D eigenvalue weighted by Crippen LogP contribution is -2.48. The molecule has 0 spiro atoms. The van der Waals surface area contributed by atoms with Crippen molar-refractivity contribution < 1.29 is 0 Å². The van der Waals surface area contributed by atoms with E-state index in [1.807, 2.05) is 0 Å². The third kappa shape index (κ3) is 3.79. The van der Waals surface area contributed by atoms with Crippen molar-refractivity contribution >= 4 is 11.8 Å². The molecule has 1 heterocycles. The summed E-state index contributed by atoms with van der Waals surface area (Å²) in [6.45, 7) is 13.9. The molecule has 0 bridgehead atoms. The molecule has 0 radical (unpaired) electrons. The summed E-state index contributed by atoms with van der Waals surface area (Å²) in [6, 6.07) is 0.681. The number of hydrogen-bond donors (Lipinski definition) is 1. The van der Waals surface area contributed by atoms with Gasteiger partial charge in [0.2, 0.25) is 0 Å². The van der Waals surface area contributed by atoms with Gasteiger partial charge in [-0.2, -0.15) is 11.8 Å². The molecule has 1 aliphatic rings. The minimum Gasteiger partial charge on any atom is -0.315 e. The molecule has 1 saturated heterocycles. The van der Waals surface area contributed by atoms with Crippen molar-refractivity contribution in [2.24, 2.45) is 0 Å². The van der Waals surface area contributed by atoms with E-state index in [9.17, 15) is 0 Å². The summed E-state index contributed by atoms with van der Waals surface area (Å²) in [4.78, 5) is 2.62. The Bertz CT molecular complexity index is 153. The number of nitrogens with zero attached hydrogens (tertiary/aromatic N) is 1. The summed E-state index contributed by atoms with van der Waals surface area (Å²) >= 11 is 2.12. The Morgan fingerprint density at radius 1 is 1.36 bits per heavy atom. The highest BCUT2D eigenvalue weighted by molar-refractivity contribution is 8.00. The van der Waals surface area contributed by atoms with Crippen LogP contribution in [-0.4, -0.2) is 47.6 Å². The summed E-state index contributed by atoms with van der Waals surface area (Å²) in [5.41, 5.74) is 0. The first-order chi connectivity index (χ1) is 6.63. The molecule has 0 aromatic heterocycles. The molecule has 3 unspecified atom stereocenters. The van der Waals surface area contributed by atoms with Crippen LogP contribution >= 0.6 is 11.8 Å². The molecule has 0 saturated carbocycles. The zero-order valence-corrected chi connectivity index (χ0v) is 10.7. The van der Waals surface area contributed by atoms with Crippen LogP contribution in [0.3, 0.4) is 0 Å². The van der Waals surface area contributed by atoms with Gasteiger partial charge in [-0.25, -0.2) is 0 Å². The normalized spacial score (nSPS) is 31.7. The van der Waals surface area contributed by atoms with Crippen LogP contribution < -0.4 is 5.32 Å². The Morgan fingerprint density at radius 2 is 1.93 bits per heavy atom. The number of rotatable bonds is 4. The average molecular weight is 216 g/mol. The van der Waals surface area contributed by atoms with Gasteiger partial charge < -0.3 is 5.32 Å². The quantitative estimate of drug-likeness (QED) is 0.771. The zero-order chi connectivity index (χ0) is 10.6. The Morgan fingerprint density at radius 3 is 2.43 bits per heavy atom. The van der Waals surface area contributed by atoms with Crippen LogP contribution in [-0.2, 0) is 0 Å². The molecule has 0 aromatic rings. The Balaban J connectivity index is 2.34. The van der Waals surface area contributed by atoms with Gasteiger partial charge in [0.15, 0.2) is 0 Å². The average Bonchev–Trinajstić information content (AvgIpc) is 2.12. The lowest BCUT2D eigenvalue weighted by molar-refractivity contribution is 0.203. The molecule has 84 valence electrons. The summed E-state index contributed by atoms with van der Waals surface area (Å²) in [7, 11) is 0. The van der Waals surface area contributed by atoms with Gasteiger partial charge in [0.25, 0.3) is 0 Å². The first kappa shape index (κ1) is 12.3. The van der Waals surface area contributed by atoms with E-state index in [0.717, 1.165) is 23.6 Å². The standard InChI is InChI=1S/C11H24N2S/c1-5-12-6-9(2)13-7-10(3)14-11(4)8-13/h9-12H,5-8H2,1-4H3. The van der Waals surface area contributed by atoms with Crippen LogP contribution in [0.4, 0.5) is 0 Å². The number of hydrogen-bond acceptors (Lipinski definition) is 3. The van der Waals surface area contributed by atoms with E-state index < -0.39 is 0 Å². The Kier molecular flexibility index (Phi) is 5.28. The molecular formula is C11H24N2S. The minimum atomic E-state index is 0.681. The Labute approximate surface area is 92.8 Å². The third-order valence-electron chi connectivity index (χ3n) is 2.76. The second kappa shape index (κ2) is 5.99. The minimum absolute atomic E-state index is 0.681. The van der Waals surface area contributed by atoms with Crippen LogP contribution in [0, 0.1) is 0 Å². The monoisotopic (exact) mass is 216 g/mol. The fraction of sp³-hybridized carbons (Fsp3) is 1.00. The summed E-state index contributed by atoms with van der Waals surface area (Å²) in [6.07, 6.45) is 0. The zero-order valence-electron chi connectivity index (χ0n) is 9.92. The molecule has 1 fully saturated rings. The lowest BCUT2D eigenvalue weighted by Gasteiger charge is -2.38. The predicted octanol–water partition coefficient (Wildman–Crippen LogP) is 1.81. The van der Waals surface area contributed by atoms with Crippen molar-refractivity contribution in [3.8, 4) is 0 Å². The van der Waals surface area contributed by atoms with Gasteiger partial charge in [-0.1, -0.05) is 20.8 Å². The highest BCUT2D eigenvalue weighted by Gasteiger charge is 2.25. The van der Waals surface area contributed by atoms with E-state index in [-0.39, 0.29) is 0 Å². The molecule has 3 atom stereocenters. The van der Waals surface area contributed by atoms with Crippen LogP contribution in [0.1, 0.15) is 27.7 Å². The fourth-order valence-electron chi connectivity index (χ4n) is 2.06. The smallest absolute Gasteiger partial charge is 0.0193 e. The van der Waals surface area contributed by atoms with E-state index in [0.29, 0.717) is 6.04 Å². The van der Waals surface area contributed by atoms with Crippen LogP contribution in [0.2, 0.25) is 0 Å². The maximum atomic E-state index is 3.43. The lowest BCUT2D eigenvalue weighted by atomic mass is 10.2. The van der Waals surface area contributed by atoms with Crippen LogP contribution in [0.15, 0.2) is 0 Å². The maximum Gasteiger partial charge on any atom is 0.0193 e. The fourth-order valence-corrected chi connectivity index (χ4v) is 3.41. The number of nitrogens with one attached hydrogen (secondary N) is 1. The molecule has 2 nitrogen and oxygen atoms in total. The van der Waals surface area contributed by atoms with Crippen molar-refractivity contribution in [1.29, 1.82) is 0 Å². The second-order valence-corrected chi connectivity index (χ2v) is 6.25. The van der Waals surface area contributed by atoms with Crippen LogP contribution in [0.25, 0.3) is 0 Å². The molecule has 0 aromatic carbocycles. The molecule has 1 N–H and O–H groups in total. The summed E-state index contributed by atoms with van der Waals surface area (Å²) < 4.78 is 0. The van der Waals surface area contributed by atoms with Gasteiger partial charge in [-0.3, -0.25) is 4.90 Å². The molecular weight excluding hydrogens is 192 g/mol. The molecule has 3 heteroatoms. The summed E-state index contributed by atoms with van der Waals surface area (Å²) in [5, 5.41) is 5.02. The van der Waals surface area contributed by atoms with E-state index in [2.05, 4.69) is 49.7 Å². The first-order valence-corrected chi connectivity index (χ1v) is 6.68. The van der Waals surface area contributed by atoms with Gasteiger partial charge in [0.1, 0.15) is 0 Å². The van der Waals surface area contributed by atoms with Crippen LogP contribution in [0.5, 0.6) is 0 Å². The predicted molar refractivity (Wildman–Crippen MR) is 66.1 cm³/mol. The maximum absolute atomic E-state index is 3.43. The van der Waals surface area contributed by atoms with Gasteiger partial charge in [-0.15, -0.1) is 0 Å². The van der Waals surface area contributed by atoms with Crippen molar-refractivity contribution in [1.82, 2.24) is 10.2 Å². The number of likely N-dealkylation sites (N-methyl/N-ethyl adjacent to an activating group) is 1. The van der Waals surface area contributed by atoms with Crippen molar-refractivity contribution in [3.05, 3.63) is 0 Å². The summed E-state index contributed by atoms with van der Waals surface area (Å²) in [5.74, 6) is 0. The van der Waals surface area contributed by atoms with Gasteiger partial charge >= 0.3 is 0 Å². The highest BCUT2D eigenvalue weighted by atomic mass is 32.2. The van der Waals surface area contributed by atoms with E-state index in [4.69, 9.17) is 0 Å². The Hall–Kier alpha value is 0.270. The van der Waals surface area contributed by atoms with E-state index in [1.54, 1.807) is 0 Å². The van der Waals surface area contributed by atoms with Gasteiger partial charge in [0.05, 0.1) is 0 Å². The largest absolute Gasteiger partial charge is 0.315 e. The molecule has 0 amide bonds. The van der Waals surface area contributed by atoms with Gasteiger partial charge in [0, 0.05) is 36.2 Å². The van der Waals surface area contributed by atoms with E-state index >= 15 is 0 Å². The SMILES string of the molecule is CCNCC(C)N1CC(C)SC(C)C1. The van der Waals surface area contributed by atoms with Crippen molar-refractivity contribution in [2.75, 3.05) is 26.2 Å². The molecule has 1 aliphatic heterocycles. The van der Waals surface area contributed by atoms with Crippen molar-refractivity contribution in [2.45, 2.75) is 44.2 Å². The van der Waals surface area contributed by atoms with Gasteiger partial charge in [-0.05, 0) is 13.5 Å². The topological polar surface area (TPSA) is 15.3 Å². The third-order valence-corrected chi connectivity index (χ3v) is 3.99. The number of thioether (sulfide) groups is 1. The second-order valence-electron chi connectivity index (χ2n) is 4.37. The van der Waals surface area contributed by atoms with Crippen molar-refractivity contribution in [3.63, 3.8) is 0 Å². The van der Waals surface area contributed by atoms with E-state index in [1.165, 1.54) is 13.1 Å². The molecule has 1 rings (SSSR count). The molecule has 0 aliphatic carbocycles. The molecule has 14 heavy (non-hydrogen) atoms. The first-order valence-electron chi connectivity index (χ1n) is 5.73. The highest BCUT2D eigenvalue weighted by Crippen LogP contribution is 2.25.